The van der Waals surface area contributed by atoms with Crippen molar-refractivity contribution >= 4 is 9.84 Å². The van der Waals surface area contributed by atoms with E-state index in [0.717, 1.165) is 24.2 Å². The monoisotopic (exact) mass is 270 g/mol. The summed E-state index contributed by atoms with van der Waals surface area (Å²) >= 11 is 0. The minimum atomic E-state index is -2.93. The van der Waals surface area contributed by atoms with Gasteiger partial charge in [0, 0.05) is 12.5 Å². The molecule has 1 aromatic heterocycles. The molecule has 18 heavy (non-hydrogen) atoms. The van der Waals surface area contributed by atoms with E-state index in [1.165, 1.54) is 6.26 Å². The summed E-state index contributed by atoms with van der Waals surface area (Å²) in [7, 11) is -2.93. The Balaban J connectivity index is 2.77. The Bertz CT molecular complexity index is 472. The van der Waals surface area contributed by atoms with Gasteiger partial charge >= 0.3 is 0 Å². The zero-order valence-electron chi connectivity index (χ0n) is 11.3. The van der Waals surface area contributed by atoms with Crippen LogP contribution in [-0.2, 0) is 9.84 Å². The zero-order chi connectivity index (χ0) is 13.6. The highest BCUT2D eigenvalue weighted by Gasteiger charge is 2.15. The summed E-state index contributed by atoms with van der Waals surface area (Å²) in [6.07, 6.45) is 4.62. The average Bonchev–Trinajstić information content (AvgIpc) is 2.28. The maximum absolute atomic E-state index is 11.3. The number of nitrogens with one attached hydrogen (secondary N) is 1. The molecule has 0 spiro atoms. The molecule has 102 valence electrons. The van der Waals surface area contributed by atoms with Crippen molar-refractivity contribution in [2.45, 2.75) is 32.7 Å². The molecule has 1 unspecified atom stereocenters. The highest BCUT2D eigenvalue weighted by molar-refractivity contribution is 7.90. The van der Waals surface area contributed by atoms with Crippen LogP contribution in [-0.4, -0.2) is 32.0 Å². The normalized spacial score (nSPS) is 13.5. The van der Waals surface area contributed by atoms with Gasteiger partial charge in [0.05, 0.1) is 17.5 Å². The molecule has 0 fully saturated rings. The van der Waals surface area contributed by atoms with Gasteiger partial charge in [-0.25, -0.2) is 8.42 Å². The predicted molar refractivity (Wildman–Crippen MR) is 74.3 cm³/mol. The van der Waals surface area contributed by atoms with E-state index < -0.39 is 9.84 Å². The van der Waals surface area contributed by atoms with Crippen molar-refractivity contribution in [1.82, 2.24) is 10.3 Å². The van der Waals surface area contributed by atoms with Crippen LogP contribution in [0.4, 0.5) is 0 Å². The maximum Gasteiger partial charge on any atom is 0.147 e. The lowest BCUT2D eigenvalue weighted by atomic mass is 10.1. The molecule has 5 heteroatoms. The number of rotatable bonds is 7. The summed E-state index contributed by atoms with van der Waals surface area (Å²) in [6, 6.07) is 3.96. The van der Waals surface area contributed by atoms with Gasteiger partial charge in [0.25, 0.3) is 0 Å². The molecule has 0 aliphatic heterocycles. The highest BCUT2D eigenvalue weighted by atomic mass is 32.2. The number of aromatic nitrogens is 1. The van der Waals surface area contributed by atoms with Crippen LogP contribution in [0.5, 0.6) is 0 Å². The van der Waals surface area contributed by atoms with Crippen LogP contribution in [0, 0.1) is 6.92 Å². The number of sulfone groups is 1. The Kier molecular flexibility index (Phi) is 5.75. The maximum atomic E-state index is 11.3. The lowest BCUT2D eigenvalue weighted by molar-refractivity contribution is 0.503. The second-order valence-corrected chi connectivity index (χ2v) is 6.94. The smallest absolute Gasteiger partial charge is 0.147 e. The van der Waals surface area contributed by atoms with Crippen LogP contribution in [0.3, 0.4) is 0 Å². The number of hydrogen-bond acceptors (Lipinski definition) is 4. The average molecular weight is 270 g/mol. The SMILES string of the molecule is CCCNC(CCS(C)(=O)=O)c1cc(C)ccn1. The van der Waals surface area contributed by atoms with Gasteiger partial charge in [-0.3, -0.25) is 4.98 Å². The van der Waals surface area contributed by atoms with Crippen molar-refractivity contribution in [1.29, 1.82) is 0 Å². The first kappa shape index (κ1) is 15.1. The number of nitrogens with zero attached hydrogens (tertiary/aromatic N) is 1. The first-order chi connectivity index (χ1) is 8.42. The summed E-state index contributed by atoms with van der Waals surface area (Å²) in [5.41, 5.74) is 2.06. The van der Waals surface area contributed by atoms with E-state index in [1.807, 2.05) is 19.1 Å². The summed E-state index contributed by atoms with van der Waals surface area (Å²) in [4.78, 5) is 4.34. The molecular weight excluding hydrogens is 248 g/mol. The summed E-state index contributed by atoms with van der Waals surface area (Å²) in [6.45, 7) is 4.97. The van der Waals surface area contributed by atoms with E-state index in [0.29, 0.717) is 6.42 Å². The molecule has 1 N–H and O–H groups in total. The van der Waals surface area contributed by atoms with Gasteiger partial charge in [-0.1, -0.05) is 6.92 Å². The topological polar surface area (TPSA) is 59.1 Å². The van der Waals surface area contributed by atoms with E-state index in [9.17, 15) is 8.42 Å². The first-order valence-electron chi connectivity index (χ1n) is 6.26. The van der Waals surface area contributed by atoms with E-state index in [2.05, 4.69) is 17.2 Å². The van der Waals surface area contributed by atoms with Gasteiger partial charge in [-0.15, -0.1) is 0 Å². The molecule has 1 rings (SSSR count). The molecule has 4 nitrogen and oxygen atoms in total. The largest absolute Gasteiger partial charge is 0.309 e. The third-order valence-electron chi connectivity index (χ3n) is 2.71. The van der Waals surface area contributed by atoms with Crippen LogP contribution in [0.1, 0.15) is 37.1 Å². The van der Waals surface area contributed by atoms with Gasteiger partial charge in [-0.2, -0.15) is 0 Å². The standard InChI is InChI=1S/C13H22N2O2S/c1-4-7-14-12(6-9-18(3,16)17)13-10-11(2)5-8-15-13/h5,8,10,12,14H,4,6-7,9H2,1-3H3. The molecular formula is C13H22N2O2S. The summed E-state index contributed by atoms with van der Waals surface area (Å²) in [5, 5.41) is 3.36. The fourth-order valence-corrected chi connectivity index (χ4v) is 2.42. The Morgan fingerprint density at radius 3 is 2.72 bits per heavy atom. The van der Waals surface area contributed by atoms with Crippen molar-refractivity contribution in [3.63, 3.8) is 0 Å². The third kappa shape index (κ3) is 5.60. The van der Waals surface area contributed by atoms with Gasteiger partial charge in [0.15, 0.2) is 0 Å². The molecule has 0 radical (unpaired) electrons. The Hall–Kier alpha value is -0.940. The van der Waals surface area contributed by atoms with E-state index in [1.54, 1.807) is 6.20 Å². The molecule has 1 aromatic rings. The van der Waals surface area contributed by atoms with E-state index in [-0.39, 0.29) is 11.8 Å². The lowest BCUT2D eigenvalue weighted by Gasteiger charge is -2.18. The predicted octanol–water partition coefficient (Wildman–Crippen LogP) is 1.87. The number of aryl methyl sites for hydroxylation is 1. The second-order valence-electron chi connectivity index (χ2n) is 4.68. The molecule has 1 heterocycles. The summed E-state index contributed by atoms with van der Waals surface area (Å²) in [5.74, 6) is 0.185. The van der Waals surface area contributed by atoms with Gasteiger partial charge in [-0.05, 0) is 44.0 Å². The minimum absolute atomic E-state index is 0.0135. The third-order valence-corrected chi connectivity index (χ3v) is 3.69. The molecule has 0 aromatic carbocycles. The van der Waals surface area contributed by atoms with Crippen LogP contribution >= 0.6 is 0 Å². The van der Waals surface area contributed by atoms with E-state index in [4.69, 9.17) is 0 Å². The molecule has 0 aliphatic carbocycles. The van der Waals surface area contributed by atoms with Crippen molar-refractivity contribution in [3.05, 3.63) is 29.6 Å². The molecule has 0 bridgehead atoms. The Morgan fingerprint density at radius 2 is 2.17 bits per heavy atom. The fraction of sp³-hybridized carbons (Fsp3) is 0.615. The summed E-state index contributed by atoms with van der Waals surface area (Å²) < 4.78 is 22.5. The van der Waals surface area contributed by atoms with Crippen LogP contribution < -0.4 is 5.32 Å². The molecule has 0 saturated heterocycles. The van der Waals surface area contributed by atoms with Gasteiger partial charge < -0.3 is 5.32 Å². The number of pyridine rings is 1. The van der Waals surface area contributed by atoms with Crippen molar-refractivity contribution in [3.8, 4) is 0 Å². The Labute approximate surface area is 110 Å². The molecule has 0 saturated carbocycles. The van der Waals surface area contributed by atoms with Gasteiger partial charge in [0.1, 0.15) is 9.84 Å². The minimum Gasteiger partial charge on any atom is -0.309 e. The first-order valence-corrected chi connectivity index (χ1v) is 8.32. The second kappa shape index (κ2) is 6.85. The molecule has 1 atom stereocenters. The van der Waals surface area contributed by atoms with E-state index >= 15 is 0 Å². The van der Waals surface area contributed by atoms with Crippen LogP contribution in [0.25, 0.3) is 0 Å². The molecule has 0 aliphatic rings. The van der Waals surface area contributed by atoms with Crippen molar-refractivity contribution in [2.24, 2.45) is 0 Å². The van der Waals surface area contributed by atoms with Crippen LogP contribution in [0.2, 0.25) is 0 Å². The van der Waals surface area contributed by atoms with Gasteiger partial charge in [0.2, 0.25) is 0 Å². The van der Waals surface area contributed by atoms with Crippen molar-refractivity contribution in [2.75, 3.05) is 18.6 Å². The van der Waals surface area contributed by atoms with Crippen molar-refractivity contribution < 1.29 is 8.42 Å². The number of hydrogen-bond donors (Lipinski definition) is 1. The molecule has 0 amide bonds. The Morgan fingerprint density at radius 1 is 1.44 bits per heavy atom. The highest BCUT2D eigenvalue weighted by Crippen LogP contribution is 2.16. The fourth-order valence-electron chi connectivity index (χ4n) is 1.76. The lowest BCUT2D eigenvalue weighted by Crippen LogP contribution is -2.25. The quantitative estimate of drug-likeness (QED) is 0.821. The van der Waals surface area contributed by atoms with Crippen LogP contribution in [0.15, 0.2) is 18.3 Å². The zero-order valence-corrected chi connectivity index (χ0v) is 12.1.